The lowest BCUT2D eigenvalue weighted by Gasteiger charge is -1.94. The monoisotopic (exact) mass is 164 g/mol. The maximum absolute atomic E-state index is 10.2. The van der Waals surface area contributed by atoms with Crippen LogP contribution in [0.4, 0.5) is 0 Å². The van der Waals surface area contributed by atoms with Gasteiger partial charge >= 0.3 is 5.97 Å². The van der Waals surface area contributed by atoms with Crippen LogP contribution in [0.3, 0.4) is 0 Å². The summed E-state index contributed by atoms with van der Waals surface area (Å²) in [5, 5.41) is 8.37. The molecule has 0 saturated heterocycles. The largest absolute Gasteiger partial charge is 0.480 e. The van der Waals surface area contributed by atoms with Crippen molar-refractivity contribution in [1.29, 1.82) is 0 Å². The van der Waals surface area contributed by atoms with E-state index >= 15 is 0 Å². The molecule has 1 unspecified atom stereocenters. The first-order valence-corrected chi connectivity index (χ1v) is 2.75. The summed E-state index contributed by atoms with van der Waals surface area (Å²) in [5.41, 5.74) is 5.25. The molecule has 0 aromatic rings. The van der Waals surface area contributed by atoms with Crippen LogP contribution >= 0.6 is 12.4 Å². The number of nitrogens with zero attached hydrogens (tertiary/aromatic N) is 1. The third-order valence-corrected chi connectivity index (χ3v) is 1.28. The van der Waals surface area contributed by atoms with E-state index in [9.17, 15) is 4.79 Å². The lowest BCUT2D eigenvalue weighted by atomic mass is 10.2. The van der Waals surface area contributed by atoms with Crippen LogP contribution in [0.1, 0.15) is 12.8 Å². The van der Waals surface area contributed by atoms with Gasteiger partial charge in [0.2, 0.25) is 0 Å². The van der Waals surface area contributed by atoms with E-state index in [1.165, 1.54) is 0 Å². The van der Waals surface area contributed by atoms with Crippen LogP contribution in [0.2, 0.25) is 0 Å². The Balaban J connectivity index is 0.000000810. The first kappa shape index (κ1) is 9.23. The standard InChI is InChI=1S/C5H8N2O2.ClH/c6-4-2-1-3(7-4)5(8)9;/h3H,1-2H2,(H2,6,7)(H,8,9);1H. The van der Waals surface area contributed by atoms with Crippen LogP contribution in [0, 0.1) is 0 Å². The number of carbonyl (C=O) groups is 1. The van der Waals surface area contributed by atoms with E-state index < -0.39 is 12.0 Å². The van der Waals surface area contributed by atoms with Crippen molar-refractivity contribution in [2.45, 2.75) is 18.9 Å². The molecule has 0 saturated carbocycles. The predicted molar refractivity (Wildman–Crippen MR) is 39.5 cm³/mol. The number of carboxylic acids is 1. The highest BCUT2D eigenvalue weighted by Crippen LogP contribution is 2.09. The second-order valence-electron chi connectivity index (χ2n) is 2.01. The van der Waals surface area contributed by atoms with Gasteiger partial charge in [-0.15, -0.1) is 12.4 Å². The highest BCUT2D eigenvalue weighted by atomic mass is 35.5. The summed E-state index contributed by atoms with van der Waals surface area (Å²) in [6, 6.07) is -0.579. The summed E-state index contributed by atoms with van der Waals surface area (Å²) in [6.45, 7) is 0. The Hall–Kier alpha value is -0.770. The number of amidine groups is 1. The second kappa shape index (κ2) is 3.41. The van der Waals surface area contributed by atoms with Gasteiger partial charge in [0, 0.05) is 6.42 Å². The molecule has 5 heteroatoms. The van der Waals surface area contributed by atoms with Gasteiger partial charge in [0.15, 0.2) is 0 Å². The molecular formula is C5H9ClN2O2. The first-order chi connectivity index (χ1) is 4.20. The predicted octanol–water partition coefficient (Wildman–Crippen LogP) is 0.0124. The van der Waals surface area contributed by atoms with Crippen molar-refractivity contribution < 1.29 is 9.90 Å². The fourth-order valence-corrected chi connectivity index (χ4v) is 0.793. The van der Waals surface area contributed by atoms with Gasteiger partial charge in [-0.2, -0.15) is 0 Å². The lowest BCUT2D eigenvalue weighted by molar-refractivity contribution is -0.138. The molecule has 3 N–H and O–H groups in total. The van der Waals surface area contributed by atoms with E-state index in [-0.39, 0.29) is 12.4 Å². The number of hydrogen-bond donors (Lipinski definition) is 2. The summed E-state index contributed by atoms with van der Waals surface area (Å²) < 4.78 is 0. The molecule has 0 radical (unpaired) electrons. The third kappa shape index (κ3) is 1.88. The molecule has 1 atom stereocenters. The Kier molecular flexibility index (Phi) is 3.15. The smallest absolute Gasteiger partial charge is 0.328 e. The molecule has 0 aliphatic carbocycles. The number of nitrogens with two attached hydrogens (primary N) is 1. The molecule has 1 heterocycles. The molecular weight excluding hydrogens is 156 g/mol. The molecule has 0 spiro atoms. The quantitative estimate of drug-likeness (QED) is 0.574. The zero-order valence-corrected chi connectivity index (χ0v) is 6.10. The van der Waals surface area contributed by atoms with Crippen molar-refractivity contribution in [3.05, 3.63) is 0 Å². The van der Waals surface area contributed by atoms with Gasteiger partial charge in [-0.3, -0.25) is 4.99 Å². The van der Waals surface area contributed by atoms with Crippen LogP contribution in [-0.2, 0) is 4.79 Å². The van der Waals surface area contributed by atoms with Crippen molar-refractivity contribution in [3.63, 3.8) is 0 Å². The van der Waals surface area contributed by atoms with Gasteiger partial charge in [-0.25, -0.2) is 4.79 Å². The van der Waals surface area contributed by atoms with Gasteiger partial charge in [0.1, 0.15) is 6.04 Å². The van der Waals surface area contributed by atoms with Crippen LogP contribution in [-0.4, -0.2) is 23.0 Å². The molecule has 1 aliphatic heterocycles. The highest BCUT2D eigenvalue weighted by molar-refractivity contribution is 5.87. The Bertz CT molecular complexity index is 169. The van der Waals surface area contributed by atoms with E-state index in [0.29, 0.717) is 18.7 Å². The maximum atomic E-state index is 10.2. The molecule has 0 fully saturated rings. The number of aliphatic imine (C=N–C) groups is 1. The van der Waals surface area contributed by atoms with Crippen molar-refractivity contribution in [1.82, 2.24) is 0 Å². The summed E-state index contributed by atoms with van der Waals surface area (Å²) in [7, 11) is 0. The Morgan fingerprint density at radius 3 is 2.60 bits per heavy atom. The van der Waals surface area contributed by atoms with E-state index in [1.807, 2.05) is 0 Å². The maximum Gasteiger partial charge on any atom is 0.328 e. The molecule has 58 valence electrons. The summed E-state index contributed by atoms with van der Waals surface area (Å²) in [5.74, 6) is -0.419. The molecule has 0 aromatic carbocycles. The SMILES string of the molecule is Cl.NC1=NC(C(=O)O)CC1. The van der Waals surface area contributed by atoms with Crippen molar-refractivity contribution >= 4 is 24.2 Å². The topological polar surface area (TPSA) is 75.7 Å². The van der Waals surface area contributed by atoms with Gasteiger partial charge in [-0.05, 0) is 6.42 Å². The number of carboxylic acid groups (broad SMARTS) is 1. The van der Waals surface area contributed by atoms with E-state index in [1.54, 1.807) is 0 Å². The summed E-state index contributed by atoms with van der Waals surface area (Å²) >= 11 is 0. The minimum absolute atomic E-state index is 0. The lowest BCUT2D eigenvalue weighted by Crippen LogP contribution is -2.14. The number of rotatable bonds is 1. The number of aliphatic carboxylic acids is 1. The molecule has 0 bridgehead atoms. The minimum Gasteiger partial charge on any atom is -0.480 e. The van der Waals surface area contributed by atoms with Crippen molar-refractivity contribution in [2.24, 2.45) is 10.7 Å². The highest BCUT2D eigenvalue weighted by Gasteiger charge is 2.21. The molecule has 0 amide bonds. The van der Waals surface area contributed by atoms with Crippen molar-refractivity contribution in [3.8, 4) is 0 Å². The van der Waals surface area contributed by atoms with E-state index in [0.717, 1.165) is 0 Å². The van der Waals surface area contributed by atoms with Gasteiger partial charge < -0.3 is 10.8 Å². The molecule has 0 aromatic heterocycles. The van der Waals surface area contributed by atoms with Gasteiger partial charge in [-0.1, -0.05) is 0 Å². The fraction of sp³-hybridized carbons (Fsp3) is 0.600. The Morgan fingerprint density at radius 2 is 2.40 bits per heavy atom. The van der Waals surface area contributed by atoms with Crippen LogP contribution in [0.25, 0.3) is 0 Å². The molecule has 4 nitrogen and oxygen atoms in total. The minimum atomic E-state index is -0.879. The van der Waals surface area contributed by atoms with E-state index in [4.69, 9.17) is 10.8 Å². The fourth-order valence-electron chi connectivity index (χ4n) is 0.793. The van der Waals surface area contributed by atoms with Crippen LogP contribution in [0.15, 0.2) is 4.99 Å². The zero-order chi connectivity index (χ0) is 6.85. The van der Waals surface area contributed by atoms with Crippen LogP contribution < -0.4 is 5.73 Å². The zero-order valence-electron chi connectivity index (χ0n) is 5.28. The number of halogens is 1. The van der Waals surface area contributed by atoms with Gasteiger partial charge in [0.05, 0.1) is 5.84 Å². The van der Waals surface area contributed by atoms with E-state index in [2.05, 4.69) is 4.99 Å². The molecule has 1 rings (SSSR count). The average Bonchev–Trinajstić information content (AvgIpc) is 2.14. The van der Waals surface area contributed by atoms with Crippen molar-refractivity contribution in [2.75, 3.05) is 0 Å². The normalized spacial score (nSPS) is 23.2. The second-order valence-corrected chi connectivity index (χ2v) is 2.01. The third-order valence-electron chi connectivity index (χ3n) is 1.28. The Labute approximate surface area is 64.5 Å². The van der Waals surface area contributed by atoms with Gasteiger partial charge in [0.25, 0.3) is 0 Å². The Morgan fingerprint density at radius 1 is 1.80 bits per heavy atom. The summed E-state index contributed by atoms with van der Waals surface area (Å²) in [6.07, 6.45) is 1.18. The molecule has 10 heavy (non-hydrogen) atoms. The van der Waals surface area contributed by atoms with Crippen LogP contribution in [0.5, 0.6) is 0 Å². The first-order valence-electron chi connectivity index (χ1n) is 2.75. The number of hydrogen-bond acceptors (Lipinski definition) is 3. The summed E-state index contributed by atoms with van der Waals surface area (Å²) in [4.78, 5) is 13.9. The average molecular weight is 165 g/mol. The molecule has 1 aliphatic rings.